The molecule has 1 heterocycles. The first-order valence-corrected chi connectivity index (χ1v) is 6.27. The molecule has 0 N–H and O–H groups in total. The van der Waals surface area contributed by atoms with Gasteiger partial charge in [0.05, 0.1) is 7.11 Å². The Kier molecular flexibility index (Phi) is 4.15. The zero-order chi connectivity index (χ0) is 13.0. The van der Waals surface area contributed by atoms with Crippen molar-refractivity contribution < 1.29 is 4.74 Å². The summed E-state index contributed by atoms with van der Waals surface area (Å²) >= 11 is 0. The van der Waals surface area contributed by atoms with Crippen LogP contribution in [0, 0.1) is 4.91 Å². The summed E-state index contributed by atoms with van der Waals surface area (Å²) in [6.45, 7) is 7.45. The number of piperazine rings is 1. The van der Waals surface area contributed by atoms with Crippen molar-refractivity contribution in [2.45, 2.75) is 6.92 Å². The van der Waals surface area contributed by atoms with Crippen molar-refractivity contribution in [3.05, 3.63) is 23.1 Å². The Morgan fingerprint density at radius 3 is 2.56 bits per heavy atom. The van der Waals surface area contributed by atoms with E-state index in [-0.39, 0.29) is 0 Å². The number of nitrogens with zero attached hydrogens (tertiary/aromatic N) is 3. The molecule has 2 rings (SSSR count). The summed E-state index contributed by atoms with van der Waals surface area (Å²) in [4.78, 5) is 15.3. The van der Waals surface area contributed by atoms with Crippen LogP contribution in [-0.2, 0) is 0 Å². The molecule has 0 aromatic heterocycles. The van der Waals surface area contributed by atoms with Crippen LogP contribution in [0.4, 0.5) is 11.4 Å². The van der Waals surface area contributed by atoms with E-state index in [1.165, 1.54) is 0 Å². The SMILES string of the molecule is CCN1CCN(c2ccc(N=O)c(OC)c2)CC1. The van der Waals surface area contributed by atoms with Crippen molar-refractivity contribution in [1.29, 1.82) is 0 Å². The molecule has 1 saturated heterocycles. The monoisotopic (exact) mass is 249 g/mol. The van der Waals surface area contributed by atoms with E-state index in [9.17, 15) is 4.91 Å². The second kappa shape index (κ2) is 5.82. The quantitative estimate of drug-likeness (QED) is 0.768. The smallest absolute Gasteiger partial charge is 0.150 e. The summed E-state index contributed by atoms with van der Waals surface area (Å²) in [6.07, 6.45) is 0. The molecule has 18 heavy (non-hydrogen) atoms. The third-order valence-corrected chi connectivity index (χ3v) is 3.45. The molecule has 1 aliphatic rings. The Morgan fingerprint density at radius 2 is 2.00 bits per heavy atom. The normalized spacial score (nSPS) is 16.7. The average Bonchev–Trinajstić information content (AvgIpc) is 2.46. The van der Waals surface area contributed by atoms with Gasteiger partial charge in [0.1, 0.15) is 11.4 Å². The van der Waals surface area contributed by atoms with Gasteiger partial charge in [0.2, 0.25) is 0 Å². The zero-order valence-electron chi connectivity index (χ0n) is 10.9. The Morgan fingerprint density at radius 1 is 1.28 bits per heavy atom. The summed E-state index contributed by atoms with van der Waals surface area (Å²) in [7, 11) is 1.56. The third kappa shape index (κ3) is 2.61. The van der Waals surface area contributed by atoms with Gasteiger partial charge < -0.3 is 14.5 Å². The van der Waals surface area contributed by atoms with Crippen molar-refractivity contribution in [2.75, 3.05) is 44.7 Å². The number of hydrogen-bond donors (Lipinski definition) is 0. The molecule has 1 aromatic rings. The third-order valence-electron chi connectivity index (χ3n) is 3.45. The zero-order valence-corrected chi connectivity index (χ0v) is 10.9. The predicted molar refractivity (Wildman–Crippen MR) is 72.8 cm³/mol. The lowest BCUT2D eigenvalue weighted by atomic mass is 10.2. The maximum Gasteiger partial charge on any atom is 0.150 e. The fourth-order valence-corrected chi connectivity index (χ4v) is 2.26. The standard InChI is InChI=1S/C13H19N3O2/c1-3-15-6-8-16(9-7-15)11-4-5-12(14-17)13(10-11)18-2/h4-5,10H,3,6-9H2,1-2H3. The topological polar surface area (TPSA) is 45.1 Å². The maximum absolute atomic E-state index is 10.6. The minimum atomic E-state index is 0.355. The van der Waals surface area contributed by atoms with Gasteiger partial charge in [-0.15, -0.1) is 4.91 Å². The molecule has 0 atom stereocenters. The first kappa shape index (κ1) is 12.8. The average molecular weight is 249 g/mol. The summed E-state index contributed by atoms with van der Waals surface area (Å²) in [5, 5.41) is 2.95. The van der Waals surface area contributed by atoms with Crippen molar-refractivity contribution in [3.8, 4) is 5.75 Å². The molecule has 1 aliphatic heterocycles. The molecule has 0 bridgehead atoms. The van der Waals surface area contributed by atoms with Crippen molar-refractivity contribution in [1.82, 2.24) is 4.90 Å². The van der Waals surface area contributed by atoms with E-state index >= 15 is 0 Å². The molecule has 0 spiro atoms. The Bertz CT molecular complexity index is 415. The van der Waals surface area contributed by atoms with Crippen LogP contribution in [0.3, 0.4) is 0 Å². The number of likely N-dealkylation sites (N-methyl/N-ethyl adjacent to an activating group) is 1. The largest absolute Gasteiger partial charge is 0.494 e. The Labute approximate surface area is 107 Å². The van der Waals surface area contributed by atoms with Crippen LogP contribution in [0.1, 0.15) is 6.92 Å². The Hall–Kier alpha value is -1.62. The molecule has 5 nitrogen and oxygen atoms in total. The fourth-order valence-electron chi connectivity index (χ4n) is 2.26. The first-order valence-electron chi connectivity index (χ1n) is 6.27. The summed E-state index contributed by atoms with van der Waals surface area (Å²) in [5.41, 5.74) is 1.45. The van der Waals surface area contributed by atoms with Crippen molar-refractivity contribution in [3.63, 3.8) is 0 Å². The second-order valence-corrected chi connectivity index (χ2v) is 4.37. The van der Waals surface area contributed by atoms with E-state index in [1.807, 2.05) is 12.1 Å². The minimum Gasteiger partial charge on any atom is -0.494 e. The van der Waals surface area contributed by atoms with Crippen LogP contribution in [0.5, 0.6) is 5.75 Å². The summed E-state index contributed by atoms with van der Waals surface area (Å²) < 4.78 is 5.18. The lowest BCUT2D eigenvalue weighted by Gasteiger charge is -2.35. The number of anilines is 1. The maximum atomic E-state index is 10.6. The molecule has 1 aromatic carbocycles. The number of hydrogen-bond acceptors (Lipinski definition) is 5. The highest BCUT2D eigenvalue weighted by Crippen LogP contribution is 2.32. The predicted octanol–water partition coefficient (Wildman–Crippen LogP) is 2.24. The molecular formula is C13H19N3O2. The molecule has 0 unspecified atom stereocenters. The molecule has 98 valence electrons. The molecule has 0 aliphatic carbocycles. The molecule has 0 saturated carbocycles. The van der Waals surface area contributed by atoms with E-state index in [0.717, 1.165) is 38.4 Å². The number of nitroso groups, excluding NO2 is 1. The first-order chi connectivity index (χ1) is 8.78. The number of ether oxygens (including phenoxy) is 1. The fraction of sp³-hybridized carbons (Fsp3) is 0.538. The second-order valence-electron chi connectivity index (χ2n) is 4.37. The van der Waals surface area contributed by atoms with Crippen molar-refractivity contribution in [2.24, 2.45) is 5.18 Å². The van der Waals surface area contributed by atoms with Gasteiger partial charge in [-0.3, -0.25) is 0 Å². The molecule has 0 amide bonds. The van der Waals surface area contributed by atoms with E-state index in [4.69, 9.17) is 4.74 Å². The van der Waals surface area contributed by atoms with Gasteiger partial charge >= 0.3 is 0 Å². The molecule has 0 radical (unpaired) electrons. The lowest BCUT2D eigenvalue weighted by Crippen LogP contribution is -2.46. The van der Waals surface area contributed by atoms with Gasteiger partial charge in [-0.25, -0.2) is 0 Å². The van der Waals surface area contributed by atoms with Gasteiger partial charge in [-0.1, -0.05) is 6.92 Å². The highest BCUT2D eigenvalue weighted by Gasteiger charge is 2.17. The van der Waals surface area contributed by atoms with Crippen LogP contribution in [0.15, 0.2) is 23.4 Å². The van der Waals surface area contributed by atoms with Gasteiger partial charge in [-0.05, 0) is 23.9 Å². The van der Waals surface area contributed by atoms with Crippen LogP contribution in [0.25, 0.3) is 0 Å². The molecule has 1 fully saturated rings. The van der Waals surface area contributed by atoms with Gasteiger partial charge in [-0.2, -0.15) is 0 Å². The minimum absolute atomic E-state index is 0.355. The number of benzene rings is 1. The van der Waals surface area contributed by atoms with Crippen LogP contribution in [-0.4, -0.2) is 44.7 Å². The number of methoxy groups -OCH3 is 1. The Balaban J connectivity index is 2.12. The van der Waals surface area contributed by atoms with Gasteiger partial charge in [0, 0.05) is 37.9 Å². The van der Waals surface area contributed by atoms with E-state index in [1.54, 1.807) is 13.2 Å². The van der Waals surface area contributed by atoms with E-state index in [0.29, 0.717) is 11.4 Å². The highest BCUT2D eigenvalue weighted by molar-refractivity contribution is 5.62. The van der Waals surface area contributed by atoms with Crippen LogP contribution in [0.2, 0.25) is 0 Å². The van der Waals surface area contributed by atoms with E-state index in [2.05, 4.69) is 21.9 Å². The lowest BCUT2D eigenvalue weighted by molar-refractivity contribution is 0.271. The van der Waals surface area contributed by atoms with Gasteiger partial charge in [0.15, 0.2) is 0 Å². The van der Waals surface area contributed by atoms with Crippen LogP contribution >= 0.6 is 0 Å². The molecule has 5 heteroatoms. The van der Waals surface area contributed by atoms with Crippen LogP contribution < -0.4 is 9.64 Å². The number of rotatable bonds is 4. The van der Waals surface area contributed by atoms with E-state index < -0.39 is 0 Å². The summed E-state index contributed by atoms with van der Waals surface area (Å²) in [6, 6.07) is 5.53. The van der Waals surface area contributed by atoms with Crippen molar-refractivity contribution >= 4 is 11.4 Å². The van der Waals surface area contributed by atoms with Gasteiger partial charge in [0.25, 0.3) is 0 Å². The highest BCUT2D eigenvalue weighted by atomic mass is 16.5. The molecular weight excluding hydrogens is 230 g/mol. The summed E-state index contributed by atoms with van der Waals surface area (Å²) in [5.74, 6) is 0.542.